The molecule has 0 fully saturated rings. The van der Waals surface area contributed by atoms with Gasteiger partial charge in [0.05, 0.1) is 11.0 Å². The molecule has 20 heavy (non-hydrogen) atoms. The van der Waals surface area contributed by atoms with Gasteiger partial charge in [0.25, 0.3) is 0 Å². The van der Waals surface area contributed by atoms with Gasteiger partial charge in [0.1, 0.15) is 5.82 Å². The van der Waals surface area contributed by atoms with Crippen LogP contribution in [0.1, 0.15) is 5.56 Å². The van der Waals surface area contributed by atoms with E-state index in [2.05, 4.69) is 9.97 Å². The molecular weight excluding hydrogens is 254 g/mol. The van der Waals surface area contributed by atoms with Gasteiger partial charge in [-0.25, -0.2) is 4.98 Å². The van der Waals surface area contributed by atoms with Crippen molar-refractivity contribution in [3.05, 3.63) is 42.0 Å². The zero-order chi connectivity index (χ0) is 13.5. The molecule has 4 rings (SSSR count). The Morgan fingerprint density at radius 3 is 2.95 bits per heavy atom. The van der Waals surface area contributed by atoms with Crippen LogP contribution in [0.25, 0.3) is 22.4 Å². The summed E-state index contributed by atoms with van der Waals surface area (Å²) >= 11 is 0. The van der Waals surface area contributed by atoms with Gasteiger partial charge in [0.15, 0.2) is 11.5 Å². The molecule has 0 unspecified atom stereocenters. The van der Waals surface area contributed by atoms with Gasteiger partial charge in [-0.1, -0.05) is 12.1 Å². The van der Waals surface area contributed by atoms with Crippen LogP contribution in [0.2, 0.25) is 0 Å². The quantitative estimate of drug-likeness (QED) is 0.748. The molecule has 2 heterocycles. The summed E-state index contributed by atoms with van der Waals surface area (Å²) in [5, 5.41) is 0. The Kier molecular flexibility index (Phi) is 2.40. The molecule has 0 bridgehead atoms. The number of para-hydroxylation sites is 1. The van der Waals surface area contributed by atoms with E-state index in [1.807, 2.05) is 36.4 Å². The minimum Gasteiger partial charge on any atom is -0.454 e. The van der Waals surface area contributed by atoms with Crippen molar-refractivity contribution in [2.75, 3.05) is 6.79 Å². The molecule has 0 saturated carbocycles. The second kappa shape index (κ2) is 4.25. The van der Waals surface area contributed by atoms with Crippen LogP contribution in [0.3, 0.4) is 0 Å². The normalized spacial score (nSPS) is 13.1. The van der Waals surface area contributed by atoms with E-state index in [4.69, 9.17) is 15.2 Å². The summed E-state index contributed by atoms with van der Waals surface area (Å²) in [4.78, 5) is 7.96. The molecule has 0 saturated heterocycles. The maximum absolute atomic E-state index is 5.75. The van der Waals surface area contributed by atoms with E-state index in [0.717, 1.165) is 39.5 Å². The summed E-state index contributed by atoms with van der Waals surface area (Å²) in [6.45, 7) is 0.749. The highest BCUT2D eigenvalue weighted by Crippen LogP contribution is 2.35. The maximum atomic E-state index is 5.75. The fourth-order valence-corrected chi connectivity index (χ4v) is 2.44. The summed E-state index contributed by atoms with van der Waals surface area (Å²) in [5.74, 6) is 2.33. The second-order valence-corrected chi connectivity index (χ2v) is 4.67. The first-order valence-electron chi connectivity index (χ1n) is 6.43. The lowest BCUT2D eigenvalue weighted by Gasteiger charge is -1.99. The lowest BCUT2D eigenvalue weighted by Crippen LogP contribution is -1.96. The minimum atomic E-state index is 0.274. The van der Waals surface area contributed by atoms with Crippen LogP contribution in [0.15, 0.2) is 36.4 Å². The molecule has 1 aliphatic heterocycles. The number of hydrogen-bond donors (Lipinski definition) is 2. The average Bonchev–Trinajstić information content (AvgIpc) is 3.11. The largest absolute Gasteiger partial charge is 0.454 e. The highest BCUT2D eigenvalue weighted by Gasteiger charge is 2.15. The topological polar surface area (TPSA) is 73.2 Å². The van der Waals surface area contributed by atoms with Crippen molar-refractivity contribution in [3.63, 3.8) is 0 Å². The van der Waals surface area contributed by atoms with Crippen molar-refractivity contribution < 1.29 is 9.47 Å². The van der Waals surface area contributed by atoms with Crippen molar-refractivity contribution in [1.29, 1.82) is 0 Å². The van der Waals surface area contributed by atoms with E-state index in [1.165, 1.54) is 0 Å². The van der Waals surface area contributed by atoms with Gasteiger partial charge in [-0.3, -0.25) is 0 Å². The number of hydrogen-bond acceptors (Lipinski definition) is 4. The first kappa shape index (κ1) is 11.3. The van der Waals surface area contributed by atoms with Crippen LogP contribution in [0.5, 0.6) is 11.5 Å². The Labute approximate surface area is 115 Å². The van der Waals surface area contributed by atoms with Crippen LogP contribution in [-0.4, -0.2) is 16.8 Å². The van der Waals surface area contributed by atoms with Crippen LogP contribution in [-0.2, 0) is 6.54 Å². The number of aromatic amines is 1. The van der Waals surface area contributed by atoms with E-state index >= 15 is 0 Å². The minimum absolute atomic E-state index is 0.274. The SMILES string of the molecule is NCc1cccc2[nH]c(-c3ccc4c(c3)OCO4)nc12. The van der Waals surface area contributed by atoms with Gasteiger partial charge < -0.3 is 20.2 Å². The molecule has 3 N–H and O–H groups in total. The van der Waals surface area contributed by atoms with Crippen LogP contribution in [0, 0.1) is 0 Å². The van der Waals surface area contributed by atoms with Crippen molar-refractivity contribution >= 4 is 11.0 Å². The Morgan fingerprint density at radius 2 is 2.05 bits per heavy atom. The number of nitrogens with one attached hydrogen (secondary N) is 1. The van der Waals surface area contributed by atoms with E-state index < -0.39 is 0 Å². The van der Waals surface area contributed by atoms with E-state index in [9.17, 15) is 0 Å². The molecule has 0 spiro atoms. The summed E-state index contributed by atoms with van der Waals surface area (Å²) < 4.78 is 10.7. The third-order valence-corrected chi connectivity index (χ3v) is 3.46. The molecule has 0 radical (unpaired) electrons. The third-order valence-electron chi connectivity index (χ3n) is 3.46. The van der Waals surface area contributed by atoms with Crippen molar-refractivity contribution in [2.45, 2.75) is 6.54 Å². The fourth-order valence-electron chi connectivity index (χ4n) is 2.44. The van der Waals surface area contributed by atoms with Gasteiger partial charge >= 0.3 is 0 Å². The Morgan fingerprint density at radius 1 is 1.15 bits per heavy atom. The lowest BCUT2D eigenvalue weighted by molar-refractivity contribution is 0.174. The standard InChI is InChI=1S/C15H13N3O2/c16-7-10-2-1-3-11-14(10)18-15(17-11)9-4-5-12-13(6-9)20-8-19-12/h1-6H,7-8,16H2,(H,17,18). The monoisotopic (exact) mass is 267 g/mol. The van der Waals surface area contributed by atoms with Crippen LogP contribution >= 0.6 is 0 Å². The maximum Gasteiger partial charge on any atom is 0.231 e. The first-order valence-corrected chi connectivity index (χ1v) is 6.43. The second-order valence-electron chi connectivity index (χ2n) is 4.67. The molecule has 5 nitrogen and oxygen atoms in total. The number of rotatable bonds is 2. The highest BCUT2D eigenvalue weighted by molar-refractivity contribution is 5.82. The number of nitrogens with two attached hydrogens (primary N) is 1. The number of ether oxygens (including phenoxy) is 2. The lowest BCUT2D eigenvalue weighted by atomic mass is 10.2. The number of fused-ring (bicyclic) bond motifs is 2. The van der Waals surface area contributed by atoms with E-state index in [-0.39, 0.29) is 6.79 Å². The smallest absolute Gasteiger partial charge is 0.231 e. The van der Waals surface area contributed by atoms with Crippen molar-refractivity contribution in [3.8, 4) is 22.9 Å². The third kappa shape index (κ3) is 1.64. The number of benzene rings is 2. The zero-order valence-corrected chi connectivity index (χ0v) is 10.7. The predicted molar refractivity (Wildman–Crippen MR) is 75.5 cm³/mol. The number of nitrogens with zero attached hydrogens (tertiary/aromatic N) is 1. The predicted octanol–water partition coefficient (Wildman–Crippen LogP) is 2.42. The van der Waals surface area contributed by atoms with Crippen molar-refractivity contribution in [2.24, 2.45) is 5.73 Å². The Balaban J connectivity index is 1.86. The van der Waals surface area contributed by atoms with Gasteiger partial charge in [-0.2, -0.15) is 0 Å². The Bertz CT molecular complexity index is 795. The molecule has 1 aliphatic rings. The van der Waals surface area contributed by atoms with E-state index in [1.54, 1.807) is 0 Å². The van der Waals surface area contributed by atoms with Gasteiger partial charge in [-0.15, -0.1) is 0 Å². The number of H-pyrrole nitrogens is 1. The van der Waals surface area contributed by atoms with Gasteiger partial charge in [-0.05, 0) is 29.8 Å². The summed E-state index contributed by atoms with van der Waals surface area (Å²) in [6, 6.07) is 11.8. The summed E-state index contributed by atoms with van der Waals surface area (Å²) in [6.07, 6.45) is 0. The molecule has 5 heteroatoms. The number of aromatic nitrogens is 2. The average molecular weight is 267 g/mol. The molecule has 100 valence electrons. The number of imidazole rings is 1. The fraction of sp³-hybridized carbons (Fsp3) is 0.133. The summed E-state index contributed by atoms with van der Waals surface area (Å²) in [5.41, 5.74) is 9.65. The zero-order valence-electron chi connectivity index (χ0n) is 10.7. The van der Waals surface area contributed by atoms with Crippen LogP contribution in [0.4, 0.5) is 0 Å². The molecule has 1 aromatic heterocycles. The molecule has 3 aromatic rings. The van der Waals surface area contributed by atoms with Gasteiger partial charge in [0, 0.05) is 12.1 Å². The molecular formula is C15H13N3O2. The van der Waals surface area contributed by atoms with Crippen molar-refractivity contribution in [1.82, 2.24) is 9.97 Å². The van der Waals surface area contributed by atoms with E-state index in [0.29, 0.717) is 6.54 Å². The van der Waals surface area contributed by atoms with Crippen LogP contribution < -0.4 is 15.2 Å². The molecule has 0 aliphatic carbocycles. The van der Waals surface area contributed by atoms with Gasteiger partial charge in [0.2, 0.25) is 6.79 Å². The molecule has 0 atom stereocenters. The molecule has 2 aromatic carbocycles. The highest BCUT2D eigenvalue weighted by atomic mass is 16.7. The summed E-state index contributed by atoms with van der Waals surface area (Å²) in [7, 11) is 0. The Hall–Kier alpha value is -2.53. The first-order chi connectivity index (χ1) is 9.85. The molecule has 0 amide bonds.